The fourth-order valence-corrected chi connectivity index (χ4v) is 5.24. The summed E-state index contributed by atoms with van der Waals surface area (Å²) < 4.78 is 1.19. The van der Waals surface area contributed by atoms with Crippen molar-refractivity contribution in [2.75, 3.05) is 36.0 Å². The molecule has 0 saturated heterocycles. The van der Waals surface area contributed by atoms with E-state index in [2.05, 4.69) is 65.5 Å². The maximum atomic E-state index is 12.9. The van der Waals surface area contributed by atoms with Gasteiger partial charge in [0.25, 0.3) is 0 Å². The SMILES string of the molecule is CCN(CC)c1ccc(C(=O)CCC(=O)N/N=C(\C)c2csc3ccccc23)cc1N(CC)CC. The van der Waals surface area contributed by atoms with Crippen molar-refractivity contribution in [3.8, 4) is 0 Å². The first-order valence-corrected chi connectivity index (χ1v) is 13.3. The van der Waals surface area contributed by atoms with Crippen molar-refractivity contribution in [3.05, 3.63) is 59.0 Å². The topological polar surface area (TPSA) is 65.0 Å². The van der Waals surface area contributed by atoms with E-state index in [-0.39, 0.29) is 24.5 Å². The Hall–Kier alpha value is -3.19. The maximum absolute atomic E-state index is 12.9. The molecule has 3 rings (SSSR count). The van der Waals surface area contributed by atoms with E-state index in [4.69, 9.17) is 0 Å². The van der Waals surface area contributed by atoms with E-state index in [9.17, 15) is 9.59 Å². The minimum absolute atomic E-state index is 0.0378. The van der Waals surface area contributed by atoms with Crippen molar-refractivity contribution < 1.29 is 9.59 Å². The van der Waals surface area contributed by atoms with E-state index < -0.39 is 0 Å². The lowest BCUT2D eigenvalue weighted by molar-refractivity contribution is -0.121. The molecule has 0 aliphatic heterocycles. The largest absolute Gasteiger partial charge is 0.370 e. The number of hydrazone groups is 1. The first-order chi connectivity index (χ1) is 16.9. The Morgan fingerprint density at radius 1 is 0.886 bits per heavy atom. The van der Waals surface area contributed by atoms with Crippen LogP contribution < -0.4 is 15.2 Å². The molecule has 0 atom stereocenters. The van der Waals surface area contributed by atoms with Gasteiger partial charge in [-0.05, 0) is 58.9 Å². The highest BCUT2D eigenvalue weighted by Crippen LogP contribution is 2.31. The predicted octanol–water partition coefficient (Wildman–Crippen LogP) is 6.10. The number of hydrogen-bond acceptors (Lipinski definition) is 6. The normalized spacial score (nSPS) is 11.5. The predicted molar refractivity (Wildman–Crippen MR) is 149 cm³/mol. The quantitative estimate of drug-likeness (QED) is 0.189. The van der Waals surface area contributed by atoms with Crippen LogP contribution in [0.3, 0.4) is 0 Å². The van der Waals surface area contributed by atoms with E-state index in [1.54, 1.807) is 11.3 Å². The average molecular weight is 493 g/mol. The van der Waals surface area contributed by atoms with Crippen molar-refractivity contribution in [2.45, 2.75) is 47.5 Å². The van der Waals surface area contributed by atoms with Gasteiger partial charge >= 0.3 is 0 Å². The minimum Gasteiger partial charge on any atom is -0.370 e. The Morgan fingerprint density at radius 3 is 2.23 bits per heavy atom. The molecule has 35 heavy (non-hydrogen) atoms. The number of ketones is 1. The molecule has 3 aromatic rings. The minimum atomic E-state index is -0.263. The van der Waals surface area contributed by atoms with Crippen LogP contribution in [0, 0.1) is 0 Å². The van der Waals surface area contributed by atoms with E-state index in [0.29, 0.717) is 5.56 Å². The number of thiophene rings is 1. The van der Waals surface area contributed by atoms with Crippen LogP contribution in [-0.2, 0) is 4.79 Å². The van der Waals surface area contributed by atoms with Crippen molar-refractivity contribution in [1.29, 1.82) is 0 Å². The van der Waals surface area contributed by atoms with Crippen LogP contribution in [0.25, 0.3) is 10.1 Å². The number of nitrogens with zero attached hydrogens (tertiary/aromatic N) is 3. The second-order valence-electron chi connectivity index (χ2n) is 8.35. The van der Waals surface area contributed by atoms with Gasteiger partial charge < -0.3 is 9.80 Å². The Morgan fingerprint density at radius 2 is 1.54 bits per heavy atom. The number of benzene rings is 2. The van der Waals surface area contributed by atoms with Gasteiger partial charge in [-0.1, -0.05) is 18.2 Å². The zero-order valence-corrected chi connectivity index (χ0v) is 22.2. The molecule has 0 spiro atoms. The fraction of sp³-hybridized carbons (Fsp3) is 0.393. The van der Waals surface area contributed by atoms with Crippen LogP contribution in [0.15, 0.2) is 52.9 Å². The number of Topliss-reactive ketones (excluding diaryl/α,β-unsaturated/α-hetero) is 1. The molecule has 0 unspecified atom stereocenters. The van der Waals surface area contributed by atoms with E-state index in [1.165, 1.54) is 4.70 Å². The molecule has 0 aliphatic rings. The number of rotatable bonds is 12. The number of fused-ring (bicyclic) bond motifs is 1. The maximum Gasteiger partial charge on any atom is 0.240 e. The molecule has 0 bridgehead atoms. The van der Waals surface area contributed by atoms with Crippen LogP contribution >= 0.6 is 11.3 Å². The third-order valence-corrected chi connectivity index (χ3v) is 7.27. The third-order valence-electron chi connectivity index (χ3n) is 6.30. The summed E-state index contributed by atoms with van der Waals surface area (Å²) in [6.45, 7) is 13.9. The van der Waals surface area contributed by atoms with Gasteiger partial charge in [-0.3, -0.25) is 9.59 Å². The zero-order chi connectivity index (χ0) is 25.4. The number of carbonyl (C=O) groups is 2. The van der Waals surface area contributed by atoms with Crippen LogP contribution in [0.4, 0.5) is 11.4 Å². The van der Waals surface area contributed by atoms with Crippen molar-refractivity contribution in [3.63, 3.8) is 0 Å². The lowest BCUT2D eigenvalue weighted by Crippen LogP contribution is -2.28. The molecule has 0 saturated carbocycles. The first-order valence-electron chi connectivity index (χ1n) is 12.4. The summed E-state index contributed by atoms with van der Waals surface area (Å²) >= 11 is 1.66. The van der Waals surface area contributed by atoms with E-state index in [0.717, 1.165) is 54.2 Å². The molecule has 1 aromatic heterocycles. The molecule has 2 aromatic carbocycles. The Balaban J connectivity index is 1.66. The van der Waals surface area contributed by atoms with Gasteiger partial charge in [0.2, 0.25) is 5.91 Å². The van der Waals surface area contributed by atoms with Crippen molar-refractivity contribution in [2.24, 2.45) is 5.10 Å². The fourth-order valence-electron chi connectivity index (χ4n) is 4.24. The van der Waals surface area contributed by atoms with Gasteiger partial charge in [0.05, 0.1) is 17.1 Å². The Bertz CT molecular complexity index is 1190. The number of nitrogens with one attached hydrogen (secondary N) is 1. The summed E-state index contributed by atoms with van der Waals surface area (Å²) in [6, 6.07) is 14.0. The second kappa shape index (κ2) is 12.5. The van der Waals surface area contributed by atoms with Gasteiger partial charge in [0.1, 0.15) is 0 Å². The molecule has 7 heteroatoms. The number of hydrogen-bond donors (Lipinski definition) is 1. The monoisotopic (exact) mass is 492 g/mol. The third kappa shape index (κ3) is 6.28. The second-order valence-corrected chi connectivity index (χ2v) is 9.26. The molecule has 1 amide bonds. The van der Waals surface area contributed by atoms with Gasteiger partial charge in [-0.2, -0.15) is 5.10 Å². The summed E-state index contributed by atoms with van der Waals surface area (Å²) in [6.07, 6.45) is 0.239. The summed E-state index contributed by atoms with van der Waals surface area (Å²) in [5.41, 5.74) is 7.22. The van der Waals surface area contributed by atoms with Crippen LogP contribution in [0.5, 0.6) is 0 Å². The summed E-state index contributed by atoms with van der Waals surface area (Å²) in [7, 11) is 0. The van der Waals surface area contributed by atoms with Crippen LogP contribution in [0.2, 0.25) is 0 Å². The lowest BCUT2D eigenvalue weighted by atomic mass is 10.0. The molecule has 6 nitrogen and oxygen atoms in total. The smallest absolute Gasteiger partial charge is 0.240 e. The number of anilines is 2. The summed E-state index contributed by atoms with van der Waals surface area (Å²) in [5, 5.41) is 7.45. The molecule has 1 N–H and O–H groups in total. The average Bonchev–Trinajstić information content (AvgIpc) is 3.32. The number of amides is 1. The van der Waals surface area contributed by atoms with Crippen molar-refractivity contribution >= 4 is 50.2 Å². The summed E-state index contributed by atoms with van der Waals surface area (Å²) in [4.78, 5) is 29.9. The number of carbonyl (C=O) groups excluding carboxylic acids is 2. The van der Waals surface area contributed by atoms with Gasteiger partial charge in [0.15, 0.2) is 5.78 Å². The highest BCUT2D eigenvalue weighted by atomic mass is 32.1. The Kier molecular flexibility index (Phi) is 9.43. The van der Waals surface area contributed by atoms with E-state index in [1.807, 2.05) is 37.3 Å². The van der Waals surface area contributed by atoms with Gasteiger partial charge in [-0.25, -0.2) is 5.43 Å². The zero-order valence-electron chi connectivity index (χ0n) is 21.4. The molecule has 186 valence electrons. The highest BCUT2D eigenvalue weighted by molar-refractivity contribution is 7.17. The van der Waals surface area contributed by atoms with Gasteiger partial charge in [-0.15, -0.1) is 11.3 Å². The standard InChI is InChI=1S/C28H36N4O2S/c1-6-31(7-2)24-15-14-21(18-25(24)32(8-3)9-4)26(33)16-17-28(34)30-29-20(5)23-19-35-27-13-11-10-12-22(23)27/h10-15,18-19H,6-9,16-17H2,1-5H3,(H,30,34)/b29-20+. The van der Waals surface area contributed by atoms with Crippen molar-refractivity contribution in [1.82, 2.24) is 5.43 Å². The molecular formula is C28H36N4O2S. The van der Waals surface area contributed by atoms with E-state index >= 15 is 0 Å². The summed E-state index contributed by atoms with van der Waals surface area (Å²) in [5.74, 6) is -0.301. The molecule has 0 radical (unpaired) electrons. The highest BCUT2D eigenvalue weighted by Gasteiger charge is 2.17. The molecule has 1 heterocycles. The molecule has 0 aliphatic carbocycles. The lowest BCUT2D eigenvalue weighted by Gasteiger charge is -2.30. The molecular weight excluding hydrogens is 456 g/mol. The van der Waals surface area contributed by atoms with Gasteiger partial charge in [0, 0.05) is 65.6 Å². The van der Waals surface area contributed by atoms with Crippen LogP contribution in [-0.4, -0.2) is 43.6 Å². The molecule has 0 fully saturated rings. The first kappa shape index (κ1) is 26.4. The Labute approximate surface area is 212 Å². The van der Waals surface area contributed by atoms with Crippen LogP contribution in [0.1, 0.15) is 63.4 Å².